The highest BCUT2D eigenvalue weighted by atomic mass is 16.3. The van der Waals surface area contributed by atoms with Crippen molar-refractivity contribution in [1.82, 2.24) is 4.90 Å². The molecule has 2 nitrogen and oxygen atoms in total. The maximum absolute atomic E-state index is 9.28. The zero-order valence-electron chi connectivity index (χ0n) is 9.00. The summed E-state index contributed by atoms with van der Waals surface area (Å²) in [5.74, 6) is 0.930. The maximum Gasteiger partial charge on any atom is 0.0639 e. The number of hydrogen-bond acceptors (Lipinski definition) is 2. The largest absolute Gasteiger partial charge is 0.392 e. The molecule has 13 heavy (non-hydrogen) atoms. The van der Waals surface area contributed by atoms with E-state index in [2.05, 4.69) is 11.8 Å². The van der Waals surface area contributed by atoms with Gasteiger partial charge in [-0.25, -0.2) is 0 Å². The Labute approximate surface area is 81.9 Å². The van der Waals surface area contributed by atoms with Crippen molar-refractivity contribution in [3.8, 4) is 0 Å². The van der Waals surface area contributed by atoms with Gasteiger partial charge in [0.2, 0.25) is 0 Å². The molecule has 0 aliphatic carbocycles. The first kappa shape index (κ1) is 11.0. The number of rotatable bonds is 3. The Morgan fingerprint density at radius 2 is 2.15 bits per heavy atom. The lowest BCUT2D eigenvalue weighted by Gasteiger charge is -2.21. The lowest BCUT2D eigenvalue weighted by molar-refractivity contribution is 0.128. The van der Waals surface area contributed by atoms with Crippen LogP contribution in [0, 0.1) is 5.92 Å². The van der Waals surface area contributed by atoms with Gasteiger partial charge in [-0.2, -0.15) is 0 Å². The van der Waals surface area contributed by atoms with Crippen LogP contribution in [-0.4, -0.2) is 35.7 Å². The van der Waals surface area contributed by atoms with E-state index in [-0.39, 0.29) is 6.10 Å². The molecular weight excluding hydrogens is 162 g/mol. The van der Waals surface area contributed by atoms with Crippen LogP contribution >= 0.6 is 0 Å². The van der Waals surface area contributed by atoms with Crippen LogP contribution in [0.4, 0.5) is 0 Å². The lowest BCUT2D eigenvalue weighted by Crippen LogP contribution is -2.31. The maximum atomic E-state index is 9.28. The molecule has 1 heterocycles. The minimum atomic E-state index is -0.168. The Balaban J connectivity index is 2.27. The molecule has 0 spiro atoms. The Morgan fingerprint density at radius 1 is 1.38 bits per heavy atom. The molecule has 1 saturated heterocycles. The number of aliphatic hydroxyl groups is 1. The number of β-amino-alcohol motifs (C(OH)–C–C–N with tert-alkyl or cyclic N) is 1. The molecule has 2 atom stereocenters. The van der Waals surface area contributed by atoms with Crippen LogP contribution in [0.3, 0.4) is 0 Å². The van der Waals surface area contributed by atoms with Crippen molar-refractivity contribution in [2.75, 3.05) is 19.6 Å². The van der Waals surface area contributed by atoms with Crippen LogP contribution in [0.15, 0.2) is 0 Å². The normalized spacial score (nSPS) is 28.4. The van der Waals surface area contributed by atoms with Crippen LogP contribution in [-0.2, 0) is 0 Å². The van der Waals surface area contributed by atoms with E-state index in [1.807, 2.05) is 6.92 Å². The molecule has 1 rings (SSSR count). The first-order valence-corrected chi connectivity index (χ1v) is 5.62. The number of likely N-dealkylation sites (tertiary alicyclic amines) is 1. The second-order valence-corrected chi connectivity index (χ2v) is 4.35. The molecule has 1 aliphatic heterocycles. The molecule has 1 N–H and O–H groups in total. The third-order valence-electron chi connectivity index (χ3n) is 3.04. The van der Waals surface area contributed by atoms with Gasteiger partial charge in [-0.15, -0.1) is 0 Å². The molecule has 0 radical (unpaired) electrons. The van der Waals surface area contributed by atoms with Gasteiger partial charge >= 0.3 is 0 Å². The fourth-order valence-corrected chi connectivity index (χ4v) is 2.19. The second-order valence-electron chi connectivity index (χ2n) is 4.35. The first-order chi connectivity index (χ1) is 6.22. The van der Waals surface area contributed by atoms with E-state index < -0.39 is 0 Å². The highest BCUT2D eigenvalue weighted by molar-refractivity contribution is 4.70. The van der Waals surface area contributed by atoms with Gasteiger partial charge in [-0.05, 0) is 45.2 Å². The summed E-state index contributed by atoms with van der Waals surface area (Å²) in [5.41, 5.74) is 0. The summed E-state index contributed by atoms with van der Waals surface area (Å²) in [6.07, 6.45) is 5.17. The molecule has 0 saturated carbocycles. The SMILES string of the molecule is CCC1CCCN(C[C@@H](C)O)CC1. The van der Waals surface area contributed by atoms with E-state index >= 15 is 0 Å². The third-order valence-corrected chi connectivity index (χ3v) is 3.04. The van der Waals surface area contributed by atoms with Crippen LogP contribution in [0.25, 0.3) is 0 Å². The van der Waals surface area contributed by atoms with Crippen molar-refractivity contribution in [3.05, 3.63) is 0 Å². The number of aliphatic hydroxyl groups excluding tert-OH is 1. The van der Waals surface area contributed by atoms with Gasteiger partial charge in [0.1, 0.15) is 0 Å². The van der Waals surface area contributed by atoms with E-state index in [1.54, 1.807) is 0 Å². The molecule has 78 valence electrons. The topological polar surface area (TPSA) is 23.5 Å². The van der Waals surface area contributed by atoms with E-state index in [1.165, 1.54) is 38.8 Å². The fourth-order valence-electron chi connectivity index (χ4n) is 2.19. The Kier molecular flexibility index (Phi) is 4.74. The van der Waals surface area contributed by atoms with Gasteiger partial charge in [0.15, 0.2) is 0 Å². The smallest absolute Gasteiger partial charge is 0.0639 e. The highest BCUT2D eigenvalue weighted by Crippen LogP contribution is 2.20. The van der Waals surface area contributed by atoms with E-state index in [0.29, 0.717) is 0 Å². The van der Waals surface area contributed by atoms with E-state index in [0.717, 1.165) is 12.5 Å². The van der Waals surface area contributed by atoms with Crippen molar-refractivity contribution in [1.29, 1.82) is 0 Å². The predicted octanol–water partition coefficient (Wildman–Crippen LogP) is 1.88. The van der Waals surface area contributed by atoms with Gasteiger partial charge < -0.3 is 10.0 Å². The van der Waals surface area contributed by atoms with Crippen molar-refractivity contribution >= 4 is 0 Å². The molecule has 0 aromatic rings. The summed E-state index contributed by atoms with van der Waals surface area (Å²) in [6.45, 7) is 7.39. The monoisotopic (exact) mass is 185 g/mol. The highest BCUT2D eigenvalue weighted by Gasteiger charge is 2.16. The predicted molar refractivity (Wildman–Crippen MR) is 55.8 cm³/mol. The van der Waals surface area contributed by atoms with Crippen LogP contribution in [0.1, 0.15) is 39.5 Å². The molecule has 1 fully saturated rings. The van der Waals surface area contributed by atoms with Crippen molar-refractivity contribution in [2.45, 2.75) is 45.6 Å². The van der Waals surface area contributed by atoms with E-state index in [4.69, 9.17) is 0 Å². The summed E-state index contributed by atoms with van der Waals surface area (Å²) in [4.78, 5) is 2.40. The minimum Gasteiger partial charge on any atom is -0.392 e. The van der Waals surface area contributed by atoms with Gasteiger partial charge in [0.25, 0.3) is 0 Å². The minimum absolute atomic E-state index is 0.168. The van der Waals surface area contributed by atoms with Gasteiger partial charge in [-0.1, -0.05) is 13.3 Å². The molecule has 1 aliphatic rings. The molecule has 0 aromatic carbocycles. The Morgan fingerprint density at radius 3 is 2.77 bits per heavy atom. The average Bonchev–Trinajstić information content (AvgIpc) is 2.29. The second kappa shape index (κ2) is 5.61. The Hall–Kier alpha value is -0.0800. The van der Waals surface area contributed by atoms with Crippen LogP contribution in [0.2, 0.25) is 0 Å². The van der Waals surface area contributed by atoms with Crippen molar-refractivity contribution in [3.63, 3.8) is 0 Å². The molecule has 0 amide bonds. The van der Waals surface area contributed by atoms with Crippen LogP contribution < -0.4 is 0 Å². The van der Waals surface area contributed by atoms with Gasteiger partial charge in [0.05, 0.1) is 6.10 Å². The Bertz CT molecular complexity index is 136. The number of hydrogen-bond donors (Lipinski definition) is 1. The zero-order valence-corrected chi connectivity index (χ0v) is 9.00. The summed E-state index contributed by atoms with van der Waals surface area (Å²) < 4.78 is 0. The molecule has 0 aromatic heterocycles. The fraction of sp³-hybridized carbons (Fsp3) is 1.00. The van der Waals surface area contributed by atoms with Crippen molar-refractivity contribution < 1.29 is 5.11 Å². The molecule has 1 unspecified atom stereocenters. The third kappa shape index (κ3) is 4.10. The zero-order chi connectivity index (χ0) is 9.68. The quantitative estimate of drug-likeness (QED) is 0.725. The van der Waals surface area contributed by atoms with Crippen LogP contribution in [0.5, 0.6) is 0 Å². The summed E-state index contributed by atoms with van der Waals surface area (Å²) in [6, 6.07) is 0. The first-order valence-electron chi connectivity index (χ1n) is 5.62. The van der Waals surface area contributed by atoms with Gasteiger partial charge in [-0.3, -0.25) is 0 Å². The van der Waals surface area contributed by atoms with Gasteiger partial charge in [0, 0.05) is 6.54 Å². The lowest BCUT2D eigenvalue weighted by atomic mass is 9.98. The molecular formula is C11H23NO. The molecule has 2 heteroatoms. The average molecular weight is 185 g/mol. The molecule has 0 bridgehead atoms. The number of nitrogens with zero attached hydrogens (tertiary/aromatic N) is 1. The summed E-state index contributed by atoms with van der Waals surface area (Å²) in [5, 5.41) is 9.28. The summed E-state index contributed by atoms with van der Waals surface area (Å²) >= 11 is 0. The summed E-state index contributed by atoms with van der Waals surface area (Å²) in [7, 11) is 0. The van der Waals surface area contributed by atoms with Crippen molar-refractivity contribution in [2.24, 2.45) is 5.92 Å². The van der Waals surface area contributed by atoms with E-state index in [9.17, 15) is 5.11 Å². The standard InChI is InChI=1S/C11H23NO/c1-3-11-5-4-7-12(8-6-11)9-10(2)13/h10-11,13H,3-9H2,1-2H3/t10-,11?/m1/s1.